The zero-order valence-electron chi connectivity index (χ0n) is 16.4. The first-order valence-corrected chi connectivity index (χ1v) is 9.85. The maximum atomic E-state index is 12.3. The first-order valence-electron chi connectivity index (χ1n) is 9.06. The predicted molar refractivity (Wildman–Crippen MR) is 111 cm³/mol. The number of ether oxygens (including phenoxy) is 1. The van der Waals surface area contributed by atoms with Crippen LogP contribution in [0.15, 0.2) is 16.7 Å². The van der Waals surface area contributed by atoms with Crippen LogP contribution in [-0.4, -0.2) is 76.0 Å². The Hall–Kier alpha value is -2.20. The summed E-state index contributed by atoms with van der Waals surface area (Å²) in [4.78, 5) is 29.3. The van der Waals surface area contributed by atoms with Crippen molar-refractivity contribution in [3.63, 3.8) is 0 Å². The standard InChI is InChI=1S/C18H25BrN6O3/c1-18(2,3)24(4)17(27)28-12-9-25(10-12)16-15(20-5-6-26)22-13-7-11(19)8-21-14(13)23-16/h7-8,12,26H,5-6,9-10H2,1-4H3,(H,20,22). The summed E-state index contributed by atoms with van der Waals surface area (Å²) in [5, 5.41) is 12.2. The highest BCUT2D eigenvalue weighted by Gasteiger charge is 2.35. The third kappa shape index (κ3) is 4.44. The van der Waals surface area contributed by atoms with Crippen molar-refractivity contribution in [1.29, 1.82) is 0 Å². The molecule has 2 aromatic heterocycles. The molecule has 1 aliphatic heterocycles. The molecule has 0 unspecified atom stereocenters. The number of amides is 1. The van der Waals surface area contributed by atoms with Gasteiger partial charge in [0.15, 0.2) is 17.3 Å². The fourth-order valence-corrected chi connectivity index (χ4v) is 2.93. The number of carbonyl (C=O) groups is 1. The molecular formula is C18H25BrN6O3. The van der Waals surface area contributed by atoms with E-state index < -0.39 is 0 Å². The summed E-state index contributed by atoms with van der Waals surface area (Å²) in [5.41, 5.74) is 0.876. The lowest BCUT2D eigenvalue weighted by molar-refractivity contribution is 0.0365. The van der Waals surface area contributed by atoms with Crippen molar-refractivity contribution < 1.29 is 14.6 Å². The number of carbonyl (C=O) groups excluding carboxylic acids is 1. The number of nitrogens with one attached hydrogen (secondary N) is 1. The number of hydrogen-bond acceptors (Lipinski definition) is 8. The molecule has 1 fully saturated rings. The van der Waals surface area contributed by atoms with E-state index in [9.17, 15) is 4.79 Å². The van der Waals surface area contributed by atoms with Crippen molar-refractivity contribution in [1.82, 2.24) is 19.9 Å². The van der Waals surface area contributed by atoms with Gasteiger partial charge in [0, 0.05) is 29.8 Å². The third-order valence-electron chi connectivity index (χ3n) is 4.57. The van der Waals surface area contributed by atoms with Crippen LogP contribution in [0, 0.1) is 0 Å². The zero-order valence-corrected chi connectivity index (χ0v) is 18.0. The normalized spacial score (nSPS) is 14.7. The Bertz CT molecular complexity index is 866. The van der Waals surface area contributed by atoms with E-state index >= 15 is 0 Å². The van der Waals surface area contributed by atoms with Crippen molar-refractivity contribution in [2.24, 2.45) is 0 Å². The van der Waals surface area contributed by atoms with E-state index in [1.165, 1.54) is 0 Å². The van der Waals surface area contributed by atoms with Gasteiger partial charge >= 0.3 is 6.09 Å². The minimum absolute atomic E-state index is 0.0186. The van der Waals surface area contributed by atoms with Crippen LogP contribution < -0.4 is 10.2 Å². The van der Waals surface area contributed by atoms with E-state index in [1.807, 2.05) is 31.7 Å². The lowest BCUT2D eigenvalue weighted by Gasteiger charge is -2.41. The van der Waals surface area contributed by atoms with Gasteiger partial charge in [0.1, 0.15) is 11.6 Å². The number of hydrogen-bond donors (Lipinski definition) is 2. The number of fused-ring (bicyclic) bond motifs is 1. The number of aliphatic hydroxyl groups excluding tert-OH is 1. The van der Waals surface area contributed by atoms with Gasteiger partial charge in [-0.3, -0.25) is 0 Å². The maximum absolute atomic E-state index is 12.3. The highest BCUT2D eigenvalue weighted by atomic mass is 79.9. The van der Waals surface area contributed by atoms with E-state index in [2.05, 4.69) is 36.2 Å². The van der Waals surface area contributed by atoms with Crippen LogP contribution in [0.5, 0.6) is 0 Å². The molecule has 152 valence electrons. The predicted octanol–water partition coefficient (Wildman–Crippen LogP) is 2.25. The van der Waals surface area contributed by atoms with E-state index in [-0.39, 0.29) is 24.3 Å². The molecule has 1 amide bonds. The minimum atomic E-state index is -0.341. The molecule has 2 aromatic rings. The minimum Gasteiger partial charge on any atom is -0.442 e. The lowest BCUT2D eigenvalue weighted by Crippen LogP contribution is -2.55. The van der Waals surface area contributed by atoms with Gasteiger partial charge in [-0.15, -0.1) is 0 Å². The highest BCUT2D eigenvalue weighted by Crippen LogP contribution is 2.30. The van der Waals surface area contributed by atoms with Crippen molar-refractivity contribution in [3.05, 3.63) is 16.7 Å². The van der Waals surface area contributed by atoms with Gasteiger partial charge in [-0.25, -0.2) is 19.7 Å². The molecule has 0 bridgehead atoms. The number of nitrogens with zero attached hydrogens (tertiary/aromatic N) is 5. The molecule has 0 spiro atoms. The van der Waals surface area contributed by atoms with Crippen LogP contribution in [0.25, 0.3) is 11.2 Å². The molecule has 3 rings (SSSR count). The van der Waals surface area contributed by atoms with Crippen LogP contribution in [0.4, 0.5) is 16.4 Å². The summed E-state index contributed by atoms with van der Waals surface area (Å²) in [5.74, 6) is 1.20. The maximum Gasteiger partial charge on any atom is 0.410 e. The van der Waals surface area contributed by atoms with Gasteiger partial charge in [-0.2, -0.15) is 0 Å². The monoisotopic (exact) mass is 452 g/mol. The zero-order chi connectivity index (χ0) is 20.5. The van der Waals surface area contributed by atoms with Crippen molar-refractivity contribution in [2.45, 2.75) is 32.4 Å². The van der Waals surface area contributed by atoms with E-state index in [1.54, 1.807) is 18.1 Å². The summed E-state index contributed by atoms with van der Waals surface area (Å²) >= 11 is 3.38. The van der Waals surface area contributed by atoms with E-state index in [0.29, 0.717) is 42.4 Å². The Morgan fingerprint density at radius 3 is 2.79 bits per heavy atom. The number of anilines is 2. The second-order valence-corrected chi connectivity index (χ2v) is 8.60. The number of aliphatic hydroxyl groups is 1. The molecule has 2 N–H and O–H groups in total. The molecule has 3 heterocycles. The van der Waals surface area contributed by atoms with Gasteiger partial charge in [0.05, 0.1) is 19.7 Å². The average Bonchev–Trinajstić information content (AvgIpc) is 2.60. The van der Waals surface area contributed by atoms with Gasteiger partial charge in [-0.1, -0.05) is 0 Å². The highest BCUT2D eigenvalue weighted by molar-refractivity contribution is 9.10. The molecule has 0 aromatic carbocycles. The Kier molecular flexibility index (Phi) is 5.90. The molecule has 28 heavy (non-hydrogen) atoms. The Morgan fingerprint density at radius 1 is 1.43 bits per heavy atom. The number of aromatic nitrogens is 3. The van der Waals surface area contributed by atoms with Crippen molar-refractivity contribution >= 4 is 44.8 Å². The van der Waals surface area contributed by atoms with Crippen LogP contribution in [0.2, 0.25) is 0 Å². The smallest absolute Gasteiger partial charge is 0.410 e. The van der Waals surface area contributed by atoms with E-state index in [4.69, 9.17) is 9.84 Å². The first-order chi connectivity index (χ1) is 13.2. The largest absolute Gasteiger partial charge is 0.442 e. The summed E-state index contributed by atoms with van der Waals surface area (Å²) in [6.45, 7) is 7.25. The summed E-state index contributed by atoms with van der Waals surface area (Å²) in [6.07, 6.45) is 1.12. The molecule has 0 radical (unpaired) electrons. The summed E-state index contributed by atoms with van der Waals surface area (Å²) < 4.78 is 6.38. The van der Waals surface area contributed by atoms with Crippen LogP contribution in [0.3, 0.4) is 0 Å². The van der Waals surface area contributed by atoms with Crippen LogP contribution in [-0.2, 0) is 4.74 Å². The van der Waals surface area contributed by atoms with Gasteiger partial charge < -0.3 is 25.0 Å². The second kappa shape index (κ2) is 8.04. The average molecular weight is 453 g/mol. The van der Waals surface area contributed by atoms with E-state index in [0.717, 1.165) is 4.47 Å². The first kappa shape index (κ1) is 20.5. The SMILES string of the molecule is CN(C(=O)OC1CN(c2nc3ncc(Br)cc3nc2NCCO)C1)C(C)(C)C. The molecule has 1 saturated heterocycles. The Labute approximate surface area is 172 Å². The molecule has 10 heteroatoms. The quantitative estimate of drug-likeness (QED) is 0.711. The van der Waals surface area contributed by atoms with Crippen LogP contribution in [0.1, 0.15) is 20.8 Å². The van der Waals surface area contributed by atoms with Crippen molar-refractivity contribution in [2.75, 3.05) is 43.5 Å². The number of pyridine rings is 1. The number of halogens is 1. The Balaban J connectivity index is 1.73. The third-order valence-corrected chi connectivity index (χ3v) is 5.00. The molecule has 9 nitrogen and oxygen atoms in total. The van der Waals surface area contributed by atoms with Crippen molar-refractivity contribution in [3.8, 4) is 0 Å². The Morgan fingerprint density at radius 2 is 2.14 bits per heavy atom. The molecular weight excluding hydrogens is 428 g/mol. The fourth-order valence-electron chi connectivity index (χ4n) is 2.61. The van der Waals surface area contributed by atoms with Gasteiger partial charge in [0.25, 0.3) is 0 Å². The molecule has 0 saturated carbocycles. The van der Waals surface area contributed by atoms with Crippen LogP contribution >= 0.6 is 15.9 Å². The van der Waals surface area contributed by atoms with Gasteiger partial charge in [-0.05, 0) is 42.8 Å². The summed E-state index contributed by atoms with van der Waals surface area (Å²) in [6, 6.07) is 1.84. The molecule has 0 atom stereocenters. The molecule has 1 aliphatic rings. The summed E-state index contributed by atoms with van der Waals surface area (Å²) in [7, 11) is 1.73. The van der Waals surface area contributed by atoms with Gasteiger partial charge in [0.2, 0.25) is 0 Å². The fraction of sp³-hybridized carbons (Fsp3) is 0.556. The second-order valence-electron chi connectivity index (χ2n) is 7.68. The lowest BCUT2D eigenvalue weighted by atomic mass is 10.1. The molecule has 0 aliphatic carbocycles. The number of rotatable bonds is 5. The topological polar surface area (TPSA) is 104 Å².